The number of urea groups is 1. The van der Waals surface area contributed by atoms with E-state index in [1.54, 1.807) is 24.4 Å². The van der Waals surface area contributed by atoms with Crippen LogP contribution >= 0.6 is 11.8 Å². The van der Waals surface area contributed by atoms with Gasteiger partial charge in [-0.2, -0.15) is 13.2 Å². The molecule has 0 radical (unpaired) electrons. The van der Waals surface area contributed by atoms with Crippen LogP contribution < -0.4 is 10.2 Å². The first-order chi connectivity index (χ1) is 17.6. The average Bonchev–Trinajstić information content (AvgIpc) is 3.09. The molecule has 5 rings (SSSR count). The molecule has 1 aliphatic heterocycles. The zero-order valence-electron chi connectivity index (χ0n) is 19.2. The van der Waals surface area contributed by atoms with Gasteiger partial charge in [-0.25, -0.2) is 9.69 Å². The third-order valence-corrected chi connectivity index (χ3v) is 6.90. The van der Waals surface area contributed by atoms with E-state index in [1.807, 2.05) is 24.3 Å². The molecule has 1 fully saturated rings. The normalized spacial score (nSPS) is 17.9. The van der Waals surface area contributed by atoms with Crippen molar-refractivity contribution in [2.24, 2.45) is 0 Å². The first-order valence-electron chi connectivity index (χ1n) is 11.3. The van der Waals surface area contributed by atoms with Gasteiger partial charge in [-0.15, -0.1) is 0 Å². The number of aromatic nitrogens is 1. The highest BCUT2D eigenvalue weighted by Gasteiger charge is 2.52. The summed E-state index contributed by atoms with van der Waals surface area (Å²) in [6.07, 6.45) is 1.93. The number of alkyl halides is 3. The van der Waals surface area contributed by atoms with Gasteiger partial charge in [0.25, 0.3) is 5.91 Å². The predicted molar refractivity (Wildman–Crippen MR) is 134 cm³/mol. The molecule has 0 unspecified atom stereocenters. The summed E-state index contributed by atoms with van der Waals surface area (Å²) in [6.45, 7) is 0. The molecular weight excluding hydrogens is 503 g/mol. The number of carbonyl (C=O) groups is 2. The fraction of sp³-hybridized carbons (Fsp3) is 0.148. The lowest BCUT2D eigenvalue weighted by Gasteiger charge is -2.28. The summed E-state index contributed by atoms with van der Waals surface area (Å²) in [7, 11) is 0. The predicted octanol–water partition coefficient (Wildman–Crippen LogP) is 5.83. The molecule has 1 atom stereocenters. The highest BCUT2D eigenvalue weighted by atomic mass is 32.2. The van der Waals surface area contributed by atoms with Crippen LogP contribution in [-0.4, -0.2) is 33.1 Å². The summed E-state index contributed by atoms with van der Waals surface area (Å²) in [5, 5.41) is 13.4. The number of amides is 3. The highest BCUT2D eigenvalue weighted by Crippen LogP contribution is 2.38. The molecule has 0 spiro atoms. The Morgan fingerprint density at radius 3 is 2.32 bits per heavy atom. The number of fused-ring (bicyclic) bond motifs is 1. The molecule has 3 amide bonds. The molecule has 0 aliphatic carbocycles. The Morgan fingerprint density at radius 1 is 0.919 bits per heavy atom. The number of pyridine rings is 1. The van der Waals surface area contributed by atoms with Gasteiger partial charge in [-0.3, -0.25) is 9.78 Å². The number of nitrogens with zero attached hydrogens (tertiary/aromatic N) is 2. The third kappa shape index (κ3) is 5.10. The maximum Gasteiger partial charge on any atom is 0.446 e. The van der Waals surface area contributed by atoms with Crippen LogP contribution in [0.15, 0.2) is 90.0 Å². The van der Waals surface area contributed by atoms with Crippen LogP contribution in [0.4, 0.5) is 23.7 Å². The average molecular weight is 524 g/mol. The molecular formula is C27H20F3N3O3S. The number of benzene rings is 3. The Balaban J connectivity index is 1.53. The van der Waals surface area contributed by atoms with Crippen molar-refractivity contribution < 1.29 is 27.9 Å². The van der Waals surface area contributed by atoms with Crippen molar-refractivity contribution >= 4 is 40.3 Å². The van der Waals surface area contributed by atoms with Crippen LogP contribution in [-0.2, 0) is 17.6 Å². The molecule has 10 heteroatoms. The Hall–Kier alpha value is -4.05. The molecule has 1 saturated heterocycles. The zero-order valence-corrected chi connectivity index (χ0v) is 20.0. The summed E-state index contributed by atoms with van der Waals surface area (Å²) in [6, 6.07) is 20.0. The number of halogens is 3. The van der Waals surface area contributed by atoms with E-state index in [1.165, 1.54) is 36.4 Å². The molecule has 0 saturated carbocycles. The van der Waals surface area contributed by atoms with Crippen molar-refractivity contribution in [2.45, 2.75) is 28.8 Å². The number of phenolic OH excluding ortho intramolecular Hbond substituents is 1. The van der Waals surface area contributed by atoms with Crippen LogP contribution in [0.2, 0.25) is 0 Å². The SMILES string of the molecule is O=C1N[C@](Cc2ccc(O)cc2)(Cc2ccnc3ccccc23)C(=O)N1c1ccc(SC(F)(F)F)cc1. The Bertz CT molecular complexity index is 1470. The molecule has 37 heavy (non-hydrogen) atoms. The van der Waals surface area contributed by atoms with Gasteiger partial charge >= 0.3 is 11.5 Å². The summed E-state index contributed by atoms with van der Waals surface area (Å²) >= 11 is -0.271. The highest BCUT2D eigenvalue weighted by molar-refractivity contribution is 8.00. The van der Waals surface area contributed by atoms with E-state index in [0.717, 1.165) is 21.4 Å². The van der Waals surface area contributed by atoms with E-state index < -0.39 is 23.0 Å². The minimum absolute atomic E-state index is 0.0538. The largest absolute Gasteiger partial charge is 0.508 e. The Labute approximate surface area is 214 Å². The lowest BCUT2D eigenvalue weighted by molar-refractivity contribution is -0.122. The quantitative estimate of drug-likeness (QED) is 0.245. The molecule has 1 aliphatic rings. The van der Waals surface area contributed by atoms with Crippen LogP contribution in [0.25, 0.3) is 10.9 Å². The molecule has 1 aromatic heterocycles. The van der Waals surface area contributed by atoms with Gasteiger partial charge in [0.2, 0.25) is 0 Å². The number of imide groups is 1. The minimum atomic E-state index is -4.45. The van der Waals surface area contributed by atoms with Crippen LogP contribution in [0.1, 0.15) is 11.1 Å². The fourth-order valence-corrected chi connectivity index (χ4v) is 5.09. The van der Waals surface area contributed by atoms with E-state index in [9.17, 15) is 27.9 Å². The second-order valence-electron chi connectivity index (χ2n) is 8.70. The first-order valence-corrected chi connectivity index (χ1v) is 12.1. The topological polar surface area (TPSA) is 82.5 Å². The summed E-state index contributed by atoms with van der Waals surface area (Å²) in [4.78, 5) is 32.4. The van der Waals surface area contributed by atoms with E-state index in [4.69, 9.17) is 0 Å². The molecule has 4 aromatic rings. The van der Waals surface area contributed by atoms with Crippen LogP contribution in [0, 0.1) is 0 Å². The maximum atomic E-state index is 14.0. The van der Waals surface area contributed by atoms with Crippen molar-refractivity contribution in [1.82, 2.24) is 10.3 Å². The van der Waals surface area contributed by atoms with E-state index in [0.29, 0.717) is 5.56 Å². The number of nitrogens with one attached hydrogen (secondary N) is 1. The Kier molecular flexibility index (Phi) is 6.28. The fourth-order valence-electron chi connectivity index (χ4n) is 4.55. The van der Waals surface area contributed by atoms with E-state index in [-0.39, 0.29) is 40.9 Å². The standard InChI is InChI=1S/C27H20F3N3O3S/c28-27(29,30)37-21-11-7-19(8-12-21)33-24(35)26(32-25(33)36,15-17-5-9-20(34)10-6-17)16-18-13-14-31-23-4-2-1-3-22(18)23/h1-14,34H,15-16H2,(H,32,36)/t26-/m1/s1. The number of aromatic hydroxyl groups is 1. The summed E-state index contributed by atoms with van der Waals surface area (Å²) < 4.78 is 38.2. The van der Waals surface area contributed by atoms with Gasteiger partial charge in [0.1, 0.15) is 11.3 Å². The van der Waals surface area contributed by atoms with Crippen molar-refractivity contribution in [1.29, 1.82) is 0 Å². The van der Waals surface area contributed by atoms with Crippen molar-refractivity contribution in [3.05, 3.63) is 96.2 Å². The van der Waals surface area contributed by atoms with Gasteiger partial charge in [0.15, 0.2) is 0 Å². The lowest BCUT2D eigenvalue weighted by atomic mass is 9.83. The number of hydrogen-bond acceptors (Lipinski definition) is 5. The number of anilines is 1. The third-order valence-electron chi connectivity index (χ3n) is 6.16. The van der Waals surface area contributed by atoms with Gasteiger partial charge in [-0.05, 0) is 71.4 Å². The number of thioether (sulfide) groups is 1. The van der Waals surface area contributed by atoms with E-state index in [2.05, 4.69) is 10.3 Å². The molecule has 2 heterocycles. The van der Waals surface area contributed by atoms with Crippen LogP contribution in [0.5, 0.6) is 5.75 Å². The van der Waals surface area contributed by atoms with Crippen molar-refractivity contribution in [3.8, 4) is 5.75 Å². The zero-order chi connectivity index (χ0) is 26.2. The monoisotopic (exact) mass is 523 g/mol. The molecule has 188 valence electrons. The molecule has 3 aromatic carbocycles. The van der Waals surface area contributed by atoms with Gasteiger partial charge in [0.05, 0.1) is 11.2 Å². The minimum Gasteiger partial charge on any atom is -0.508 e. The van der Waals surface area contributed by atoms with Gasteiger partial charge in [0, 0.05) is 29.3 Å². The molecule has 6 nitrogen and oxygen atoms in total. The van der Waals surface area contributed by atoms with E-state index >= 15 is 0 Å². The summed E-state index contributed by atoms with van der Waals surface area (Å²) in [5.41, 5.74) is -3.40. The molecule has 0 bridgehead atoms. The smallest absolute Gasteiger partial charge is 0.446 e. The maximum absolute atomic E-state index is 14.0. The lowest BCUT2D eigenvalue weighted by Crippen LogP contribution is -2.51. The molecule has 2 N–H and O–H groups in total. The first kappa shape index (κ1) is 24.6. The van der Waals surface area contributed by atoms with Gasteiger partial charge in [-0.1, -0.05) is 30.3 Å². The number of hydrogen-bond donors (Lipinski definition) is 2. The second-order valence-corrected chi connectivity index (χ2v) is 9.84. The number of phenols is 1. The number of para-hydroxylation sites is 1. The Morgan fingerprint density at radius 2 is 1.62 bits per heavy atom. The number of rotatable bonds is 6. The van der Waals surface area contributed by atoms with Gasteiger partial charge < -0.3 is 10.4 Å². The second kappa shape index (κ2) is 9.44. The van der Waals surface area contributed by atoms with Crippen molar-refractivity contribution in [2.75, 3.05) is 4.90 Å². The number of carbonyl (C=O) groups excluding carboxylic acids is 2. The van der Waals surface area contributed by atoms with Crippen molar-refractivity contribution in [3.63, 3.8) is 0 Å². The van der Waals surface area contributed by atoms with Crippen LogP contribution in [0.3, 0.4) is 0 Å². The summed E-state index contributed by atoms with van der Waals surface area (Å²) in [5.74, 6) is -0.458.